The molecule has 0 saturated carbocycles. The van der Waals surface area contributed by atoms with Gasteiger partial charge in [-0.1, -0.05) is 47.2 Å². The summed E-state index contributed by atoms with van der Waals surface area (Å²) in [5.74, 6) is 0.549. The van der Waals surface area contributed by atoms with Crippen molar-refractivity contribution in [1.82, 2.24) is 4.98 Å². The van der Waals surface area contributed by atoms with Gasteiger partial charge in [0.25, 0.3) is 5.91 Å². The zero-order valence-electron chi connectivity index (χ0n) is 16.3. The van der Waals surface area contributed by atoms with E-state index in [0.717, 1.165) is 11.1 Å². The van der Waals surface area contributed by atoms with Gasteiger partial charge >= 0.3 is 0 Å². The zero-order valence-corrected chi connectivity index (χ0v) is 17.9. The highest BCUT2D eigenvalue weighted by molar-refractivity contribution is 7.20. The summed E-state index contributed by atoms with van der Waals surface area (Å²) in [4.78, 5) is 17.1. The van der Waals surface area contributed by atoms with Crippen LogP contribution >= 0.6 is 22.9 Å². The Labute approximate surface area is 187 Å². The fraction of sp³-hybridized carbons (Fsp3) is 0.0455. The highest BCUT2D eigenvalue weighted by Gasteiger charge is 2.17. The number of thiazole rings is 1. The summed E-state index contributed by atoms with van der Waals surface area (Å²) < 4.78 is 10.5. The number of hydrogen-bond acceptors (Lipinski definition) is 7. The van der Waals surface area contributed by atoms with Crippen LogP contribution in [0.25, 0.3) is 11.3 Å². The molecule has 0 spiro atoms. The molecule has 0 fully saturated rings. The SMILES string of the molecule is COc1ccccc1/C=N/Nc1nc(-c2ccc(Cl)cc2)c(NC(=O)c2ccco2)s1. The lowest BCUT2D eigenvalue weighted by Crippen LogP contribution is -2.10. The minimum Gasteiger partial charge on any atom is -0.496 e. The predicted molar refractivity (Wildman–Crippen MR) is 123 cm³/mol. The Balaban J connectivity index is 1.60. The molecule has 0 saturated heterocycles. The van der Waals surface area contributed by atoms with E-state index in [1.165, 1.54) is 17.6 Å². The number of ether oxygens (including phenoxy) is 1. The molecule has 4 aromatic rings. The molecule has 2 aromatic heterocycles. The fourth-order valence-corrected chi connectivity index (χ4v) is 3.72. The molecule has 0 aliphatic rings. The lowest BCUT2D eigenvalue weighted by atomic mass is 10.1. The highest BCUT2D eigenvalue weighted by atomic mass is 35.5. The third kappa shape index (κ3) is 4.93. The second-order valence-corrected chi connectivity index (χ2v) is 7.68. The number of nitrogens with zero attached hydrogens (tertiary/aromatic N) is 2. The number of anilines is 2. The summed E-state index contributed by atoms with van der Waals surface area (Å²) in [6.07, 6.45) is 3.09. The van der Waals surface area contributed by atoms with Gasteiger partial charge in [0.2, 0.25) is 5.13 Å². The summed E-state index contributed by atoms with van der Waals surface area (Å²) in [6.45, 7) is 0. The molecule has 0 unspecified atom stereocenters. The van der Waals surface area contributed by atoms with Gasteiger partial charge in [-0.15, -0.1) is 0 Å². The molecule has 0 radical (unpaired) electrons. The van der Waals surface area contributed by atoms with Gasteiger partial charge < -0.3 is 14.5 Å². The first-order chi connectivity index (χ1) is 15.1. The molecule has 0 aliphatic heterocycles. The van der Waals surface area contributed by atoms with E-state index in [9.17, 15) is 4.79 Å². The Morgan fingerprint density at radius 1 is 1.16 bits per heavy atom. The number of aromatic nitrogens is 1. The lowest BCUT2D eigenvalue weighted by molar-refractivity contribution is 0.0997. The third-order valence-electron chi connectivity index (χ3n) is 4.22. The van der Waals surface area contributed by atoms with Gasteiger partial charge in [-0.3, -0.25) is 10.2 Å². The van der Waals surface area contributed by atoms with E-state index in [4.69, 9.17) is 20.8 Å². The van der Waals surface area contributed by atoms with E-state index in [2.05, 4.69) is 20.8 Å². The number of methoxy groups -OCH3 is 1. The first-order valence-electron chi connectivity index (χ1n) is 9.18. The summed E-state index contributed by atoms with van der Waals surface area (Å²) in [5, 5.41) is 8.77. The molecule has 0 bridgehead atoms. The van der Waals surface area contributed by atoms with E-state index in [-0.39, 0.29) is 11.7 Å². The summed E-state index contributed by atoms with van der Waals surface area (Å²) in [5.41, 5.74) is 5.13. The molecule has 2 aromatic carbocycles. The molecule has 1 amide bonds. The summed E-state index contributed by atoms with van der Waals surface area (Å²) >= 11 is 7.26. The second-order valence-electron chi connectivity index (χ2n) is 6.25. The lowest BCUT2D eigenvalue weighted by Gasteiger charge is -2.03. The Bertz CT molecular complexity index is 1200. The molecular formula is C22H17ClN4O3S. The molecule has 31 heavy (non-hydrogen) atoms. The molecule has 156 valence electrons. The van der Waals surface area contributed by atoms with Crippen molar-refractivity contribution < 1.29 is 13.9 Å². The number of halogens is 1. The largest absolute Gasteiger partial charge is 0.496 e. The Morgan fingerprint density at radius 3 is 2.71 bits per heavy atom. The Morgan fingerprint density at radius 2 is 1.97 bits per heavy atom. The van der Waals surface area contributed by atoms with Gasteiger partial charge in [-0.2, -0.15) is 5.10 Å². The van der Waals surface area contributed by atoms with Crippen LogP contribution in [0.1, 0.15) is 16.1 Å². The van der Waals surface area contributed by atoms with Crippen molar-refractivity contribution in [3.63, 3.8) is 0 Å². The number of benzene rings is 2. The molecule has 2 heterocycles. The van der Waals surface area contributed by atoms with Crippen molar-refractivity contribution in [2.24, 2.45) is 5.10 Å². The normalized spacial score (nSPS) is 10.9. The molecule has 9 heteroatoms. The number of para-hydroxylation sites is 1. The highest BCUT2D eigenvalue weighted by Crippen LogP contribution is 2.36. The van der Waals surface area contributed by atoms with E-state index >= 15 is 0 Å². The number of hydrogen-bond donors (Lipinski definition) is 2. The minimum atomic E-state index is -0.368. The standard InChI is InChI=1S/C22H17ClN4O3S/c1-29-17-6-3-2-5-15(17)13-24-27-22-25-19(14-8-10-16(23)11-9-14)21(31-22)26-20(28)18-7-4-12-30-18/h2-13H,1H3,(H,25,27)(H,26,28)/b24-13+. The maximum atomic E-state index is 12.5. The molecule has 0 aliphatic carbocycles. The van der Waals surface area contributed by atoms with Crippen LogP contribution in [0.4, 0.5) is 10.1 Å². The van der Waals surface area contributed by atoms with Crippen LogP contribution in [-0.2, 0) is 0 Å². The van der Waals surface area contributed by atoms with Gasteiger partial charge in [-0.05, 0) is 36.4 Å². The molecule has 2 N–H and O–H groups in total. The number of carbonyl (C=O) groups is 1. The van der Waals surface area contributed by atoms with Crippen LogP contribution < -0.4 is 15.5 Å². The second kappa shape index (κ2) is 9.46. The van der Waals surface area contributed by atoms with E-state index in [1.807, 2.05) is 36.4 Å². The van der Waals surface area contributed by atoms with Crippen LogP contribution in [-0.4, -0.2) is 24.2 Å². The number of rotatable bonds is 7. The number of amides is 1. The van der Waals surface area contributed by atoms with Crippen molar-refractivity contribution in [3.05, 3.63) is 83.3 Å². The number of carbonyl (C=O) groups excluding carboxylic acids is 1. The Kier molecular flexibility index (Phi) is 6.30. The maximum absolute atomic E-state index is 12.5. The van der Waals surface area contributed by atoms with Gasteiger partial charge in [-0.25, -0.2) is 4.98 Å². The van der Waals surface area contributed by atoms with E-state index in [0.29, 0.717) is 26.6 Å². The van der Waals surface area contributed by atoms with E-state index < -0.39 is 0 Å². The number of furan rings is 1. The predicted octanol–water partition coefficient (Wildman–Crippen LogP) is 5.76. The Hall–Kier alpha value is -3.62. The average molecular weight is 453 g/mol. The minimum absolute atomic E-state index is 0.208. The van der Waals surface area contributed by atoms with Crippen molar-refractivity contribution in [3.8, 4) is 17.0 Å². The topological polar surface area (TPSA) is 88.8 Å². The zero-order chi connectivity index (χ0) is 21.6. The van der Waals surface area contributed by atoms with Gasteiger partial charge in [0.05, 0.1) is 19.6 Å². The van der Waals surface area contributed by atoms with Crippen LogP contribution in [0, 0.1) is 0 Å². The maximum Gasteiger partial charge on any atom is 0.292 e. The van der Waals surface area contributed by atoms with Crippen LogP contribution in [0.2, 0.25) is 5.02 Å². The average Bonchev–Trinajstić information content (AvgIpc) is 3.45. The third-order valence-corrected chi connectivity index (χ3v) is 5.35. The first-order valence-corrected chi connectivity index (χ1v) is 10.4. The number of hydrazone groups is 1. The van der Waals surface area contributed by atoms with Crippen LogP contribution in [0.15, 0.2) is 76.4 Å². The summed E-state index contributed by atoms with van der Waals surface area (Å²) in [6, 6.07) is 18.0. The van der Waals surface area contributed by atoms with Crippen molar-refractivity contribution in [1.29, 1.82) is 0 Å². The quantitative estimate of drug-likeness (QED) is 0.275. The molecule has 4 rings (SSSR count). The summed E-state index contributed by atoms with van der Waals surface area (Å²) in [7, 11) is 1.60. The van der Waals surface area contributed by atoms with Crippen LogP contribution in [0.3, 0.4) is 0 Å². The van der Waals surface area contributed by atoms with Crippen molar-refractivity contribution in [2.75, 3.05) is 17.9 Å². The van der Waals surface area contributed by atoms with Gasteiger partial charge in [0, 0.05) is 16.1 Å². The molecule has 0 atom stereocenters. The molecule has 7 nitrogen and oxygen atoms in total. The van der Waals surface area contributed by atoms with E-state index in [1.54, 1.807) is 37.6 Å². The number of nitrogens with one attached hydrogen (secondary N) is 2. The fourth-order valence-electron chi connectivity index (χ4n) is 2.76. The van der Waals surface area contributed by atoms with Gasteiger partial charge in [0.1, 0.15) is 16.4 Å². The van der Waals surface area contributed by atoms with Crippen molar-refractivity contribution >= 4 is 45.2 Å². The first kappa shape index (κ1) is 20.6. The van der Waals surface area contributed by atoms with Gasteiger partial charge in [0.15, 0.2) is 5.76 Å². The smallest absolute Gasteiger partial charge is 0.292 e. The monoisotopic (exact) mass is 452 g/mol. The molecular weight excluding hydrogens is 436 g/mol. The van der Waals surface area contributed by atoms with Crippen molar-refractivity contribution in [2.45, 2.75) is 0 Å². The van der Waals surface area contributed by atoms with Crippen LogP contribution in [0.5, 0.6) is 5.75 Å².